The lowest BCUT2D eigenvalue weighted by Crippen LogP contribution is -2.16. The van der Waals surface area contributed by atoms with Gasteiger partial charge in [0.05, 0.1) is 5.69 Å². The van der Waals surface area contributed by atoms with Crippen molar-refractivity contribution in [2.24, 2.45) is 0 Å². The van der Waals surface area contributed by atoms with Crippen LogP contribution in [0.25, 0.3) is 88.0 Å². The van der Waals surface area contributed by atoms with Crippen LogP contribution >= 0.6 is 0 Å². The summed E-state index contributed by atoms with van der Waals surface area (Å²) >= 11 is 0. The number of rotatable bonds is 5. The largest absolute Gasteiger partial charge is 0.456 e. The molecule has 0 bridgehead atoms. The first kappa shape index (κ1) is 32.8. The summed E-state index contributed by atoms with van der Waals surface area (Å²) in [5, 5.41) is 6.86. The van der Waals surface area contributed by atoms with Gasteiger partial charge in [-0.25, -0.2) is 0 Å². The molecule has 0 amide bonds. The second kappa shape index (κ2) is 12.3. The fourth-order valence-corrected chi connectivity index (χ4v) is 9.60. The van der Waals surface area contributed by atoms with E-state index in [2.05, 4.69) is 195 Å². The lowest BCUT2D eigenvalue weighted by atomic mass is 9.82. The maximum Gasteiger partial charge on any atom is 0.143 e. The molecule has 0 fully saturated rings. The molecule has 2 aromatic heterocycles. The van der Waals surface area contributed by atoms with Gasteiger partial charge in [-0.15, -0.1) is 0 Å². The molecule has 0 N–H and O–H groups in total. The van der Waals surface area contributed by atoms with Crippen LogP contribution in [0.3, 0.4) is 0 Å². The summed E-state index contributed by atoms with van der Waals surface area (Å²) in [6, 6.07) is 67.7. The van der Waals surface area contributed by atoms with Crippen LogP contribution in [0.2, 0.25) is 0 Å². The molecule has 58 heavy (non-hydrogen) atoms. The fourth-order valence-electron chi connectivity index (χ4n) is 9.60. The number of benzene rings is 9. The molecule has 1 aliphatic rings. The van der Waals surface area contributed by atoms with Gasteiger partial charge in [-0.3, -0.25) is 0 Å². The van der Waals surface area contributed by atoms with Crippen molar-refractivity contribution >= 4 is 71.7 Å². The van der Waals surface area contributed by atoms with Crippen LogP contribution in [-0.4, -0.2) is 0 Å². The molecule has 12 rings (SSSR count). The van der Waals surface area contributed by atoms with Crippen LogP contribution in [0, 0.1) is 0 Å². The highest BCUT2D eigenvalue weighted by molar-refractivity contribution is 6.17. The average Bonchev–Trinajstić information content (AvgIpc) is 3.92. The van der Waals surface area contributed by atoms with E-state index in [1.807, 2.05) is 12.1 Å². The Morgan fingerprint density at radius 1 is 0.397 bits per heavy atom. The van der Waals surface area contributed by atoms with E-state index in [0.29, 0.717) is 0 Å². The van der Waals surface area contributed by atoms with Gasteiger partial charge in [-0.2, -0.15) is 0 Å². The van der Waals surface area contributed by atoms with Crippen molar-refractivity contribution in [3.05, 3.63) is 199 Å². The smallest absolute Gasteiger partial charge is 0.143 e. The minimum absolute atomic E-state index is 0.118. The summed E-state index contributed by atoms with van der Waals surface area (Å²) in [5.74, 6) is 0. The topological polar surface area (TPSA) is 29.5 Å². The van der Waals surface area contributed by atoms with Gasteiger partial charge in [0.1, 0.15) is 22.3 Å². The van der Waals surface area contributed by atoms with E-state index in [-0.39, 0.29) is 5.41 Å². The van der Waals surface area contributed by atoms with Crippen molar-refractivity contribution in [2.45, 2.75) is 19.3 Å². The SMILES string of the molecule is CC1(C)c2ccccc2-c2c(N(c3ccc(-c4ccc5c(c4)oc4ccccc45)cc3)c3ccc(-c4cccc5c4oc4c6ccccc6ccc54)cc3)cccc21. The Bertz CT molecular complexity index is 3420. The van der Waals surface area contributed by atoms with Crippen LogP contribution in [0.15, 0.2) is 197 Å². The molecule has 0 aliphatic heterocycles. The Morgan fingerprint density at radius 2 is 1.00 bits per heavy atom. The minimum Gasteiger partial charge on any atom is -0.456 e. The van der Waals surface area contributed by atoms with E-state index in [0.717, 1.165) is 88.6 Å². The fraction of sp³-hybridized carbons (Fsp3) is 0.0545. The third kappa shape index (κ3) is 4.80. The maximum atomic E-state index is 6.74. The van der Waals surface area contributed by atoms with Crippen LogP contribution in [-0.2, 0) is 5.41 Å². The lowest BCUT2D eigenvalue weighted by Gasteiger charge is -2.29. The zero-order valence-electron chi connectivity index (χ0n) is 32.2. The Hall–Kier alpha value is -7.36. The number of para-hydroxylation sites is 2. The summed E-state index contributed by atoms with van der Waals surface area (Å²) < 4.78 is 13.0. The molecule has 274 valence electrons. The van der Waals surface area contributed by atoms with E-state index in [1.54, 1.807) is 0 Å². The van der Waals surface area contributed by atoms with Gasteiger partial charge >= 0.3 is 0 Å². The number of hydrogen-bond acceptors (Lipinski definition) is 3. The predicted molar refractivity (Wildman–Crippen MR) is 242 cm³/mol. The highest BCUT2D eigenvalue weighted by Gasteiger charge is 2.37. The van der Waals surface area contributed by atoms with Crippen LogP contribution in [0.5, 0.6) is 0 Å². The molecule has 0 unspecified atom stereocenters. The number of anilines is 3. The maximum absolute atomic E-state index is 6.74. The Morgan fingerprint density at radius 3 is 1.84 bits per heavy atom. The highest BCUT2D eigenvalue weighted by atomic mass is 16.3. The van der Waals surface area contributed by atoms with Crippen molar-refractivity contribution in [1.29, 1.82) is 0 Å². The molecule has 0 saturated carbocycles. The molecule has 3 heteroatoms. The Labute approximate surface area is 336 Å². The molecular formula is C55H37NO2. The monoisotopic (exact) mass is 743 g/mol. The van der Waals surface area contributed by atoms with Crippen molar-refractivity contribution in [3.8, 4) is 33.4 Å². The van der Waals surface area contributed by atoms with Crippen molar-refractivity contribution in [2.75, 3.05) is 4.90 Å². The molecule has 11 aromatic rings. The molecular weight excluding hydrogens is 707 g/mol. The van der Waals surface area contributed by atoms with Gasteiger partial charge in [-0.05, 0) is 93.4 Å². The van der Waals surface area contributed by atoms with E-state index in [1.165, 1.54) is 27.6 Å². The summed E-state index contributed by atoms with van der Waals surface area (Å²) in [4.78, 5) is 2.42. The molecule has 0 radical (unpaired) electrons. The minimum atomic E-state index is -0.118. The molecule has 0 spiro atoms. The van der Waals surface area contributed by atoms with Gasteiger partial charge in [0, 0.05) is 54.8 Å². The third-order valence-electron chi connectivity index (χ3n) is 12.5. The second-order valence-electron chi connectivity index (χ2n) is 16.1. The quantitative estimate of drug-likeness (QED) is 0.176. The lowest BCUT2D eigenvalue weighted by molar-refractivity contribution is 0.660. The first-order valence-electron chi connectivity index (χ1n) is 20.0. The van der Waals surface area contributed by atoms with Gasteiger partial charge < -0.3 is 13.7 Å². The van der Waals surface area contributed by atoms with Crippen molar-refractivity contribution in [3.63, 3.8) is 0 Å². The van der Waals surface area contributed by atoms with Crippen molar-refractivity contribution < 1.29 is 8.83 Å². The zero-order valence-corrected chi connectivity index (χ0v) is 32.2. The molecule has 9 aromatic carbocycles. The van der Waals surface area contributed by atoms with E-state index >= 15 is 0 Å². The first-order valence-corrected chi connectivity index (χ1v) is 20.0. The van der Waals surface area contributed by atoms with Gasteiger partial charge in [-0.1, -0.05) is 147 Å². The number of hydrogen-bond donors (Lipinski definition) is 0. The summed E-state index contributed by atoms with van der Waals surface area (Å²) in [6.07, 6.45) is 0. The first-order chi connectivity index (χ1) is 28.5. The molecule has 3 nitrogen and oxygen atoms in total. The normalized spacial score (nSPS) is 13.1. The Balaban J connectivity index is 0.993. The number of furan rings is 2. The van der Waals surface area contributed by atoms with Gasteiger partial charge in [0.2, 0.25) is 0 Å². The molecule has 2 heterocycles. The highest BCUT2D eigenvalue weighted by Crippen LogP contribution is 2.54. The van der Waals surface area contributed by atoms with E-state index < -0.39 is 0 Å². The molecule has 1 aliphatic carbocycles. The van der Waals surface area contributed by atoms with E-state index in [9.17, 15) is 0 Å². The molecule has 0 atom stereocenters. The average molecular weight is 744 g/mol. The van der Waals surface area contributed by atoms with Gasteiger partial charge in [0.15, 0.2) is 0 Å². The van der Waals surface area contributed by atoms with Crippen LogP contribution < -0.4 is 4.90 Å². The van der Waals surface area contributed by atoms with Crippen LogP contribution in [0.4, 0.5) is 17.1 Å². The predicted octanol–water partition coefficient (Wildman–Crippen LogP) is 15.7. The molecule has 0 saturated heterocycles. The summed E-state index contributed by atoms with van der Waals surface area (Å²) in [7, 11) is 0. The van der Waals surface area contributed by atoms with E-state index in [4.69, 9.17) is 8.83 Å². The van der Waals surface area contributed by atoms with Crippen LogP contribution in [0.1, 0.15) is 25.0 Å². The second-order valence-corrected chi connectivity index (χ2v) is 16.1. The summed E-state index contributed by atoms with van der Waals surface area (Å²) in [6.45, 7) is 4.69. The van der Waals surface area contributed by atoms with Gasteiger partial charge in [0.25, 0.3) is 0 Å². The third-order valence-corrected chi connectivity index (χ3v) is 12.5. The standard InChI is InChI=1S/C55H37NO2/c1-55(2)47-17-7-5-14-46(47)52-48(55)18-10-19-49(52)56(38-27-21-34(22-28-38)37-26-31-43-42-13-6-8-20-50(42)57-51(43)33-37)39-29-23-36(24-30-39)41-15-9-16-44-45-32-25-35-11-3-4-12-40(35)54(45)58-53(41)44/h3-33H,1-2H3. The summed E-state index contributed by atoms with van der Waals surface area (Å²) in [5.41, 5.74) is 16.6. The zero-order chi connectivity index (χ0) is 38.5. The number of fused-ring (bicyclic) bond motifs is 11. The Kier molecular flexibility index (Phi) is 6.98. The van der Waals surface area contributed by atoms with Crippen molar-refractivity contribution in [1.82, 2.24) is 0 Å². The number of nitrogens with zero attached hydrogens (tertiary/aromatic N) is 1.